The summed E-state index contributed by atoms with van der Waals surface area (Å²) >= 11 is 0. The average Bonchev–Trinajstić information content (AvgIpc) is 3.44. The summed E-state index contributed by atoms with van der Waals surface area (Å²) in [5.74, 6) is 0.855. The molecule has 146 valence electrons. The fourth-order valence-corrected chi connectivity index (χ4v) is 2.83. The molecule has 1 amide bonds. The molecule has 29 heavy (non-hydrogen) atoms. The van der Waals surface area contributed by atoms with Gasteiger partial charge in [0.05, 0.1) is 11.9 Å². The number of nitrogens with zero attached hydrogens (tertiary/aromatic N) is 5. The van der Waals surface area contributed by atoms with E-state index in [4.69, 9.17) is 4.52 Å². The molecule has 0 bridgehead atoms. The van der Waals surface area contributed by atoms with E-state index in [0.29, 0.717) is 31.1 Å². The Kier molecular flexibility index (Phi) is 5.70. The minimum atomic E-state index is -0.0541. The van der Waals surface area contributed by atoms with Crippen LogP contribution in [-0.4, -0.2) is 37.4 Å². The molecule has 0 aliphatic rings. The van der Waals surface area contributed by atoms with Crippen LogP contribution >= 0.6 is 0 Å². The van der Waals surface area contributed by atoms with E-state index in [0.717, 1.165) is 16.8 Å². The van der Waals surface area contributed by atoms with Crippen molar-refractivity contribution in [3.8, 4) is 17.1 Å². The molecule has 0 unspecified atom stereocenters. The summed E-state index contributed by atoms with van der Waals surface area (Å²) in [7, 11) is 0. The largest absolute Gasteiger partial charge is 0.356 e. The highest BCUT2D eigenvalue weighted by atomic mass is 16.5. The summed E-state index contributed by atoms with van der Waals surface area (Å²) in [6, 6.07) is 13.6. The molecule has 0 atom stereocenters. The number of aromatic nitrogens is 5. The highest BCUT2D eigenvalue weighted by molar-refractivity contribution is 5.76. The number of hydrogen-bond donors (Lipinski definition) is 1. The molecular formula is C21H20N6O2. The quantitative estimate of drug-likeness (QED) is 0.498. The lowest BCUT2D eigenvalue weighted by Crippen LogP contribution is -2.25. The van der Waals surface area contributed by atoms with Gasteiger partial charge in [0.2, 0.25) is 17.6 Å². The number of para-hydroxylation sites is 1. The second kappa shape index (κ2) is 8.92. The molecule has 3 heterocycles. The number of rotatable bonds is 8. The molecule has 8 heteroatoms. The monoisotopic (exact) mass is 388 g/mol. The predicted molar refractivity (Wildman–Crippen MR) is 106 cm³/mol. The van der Waals surface area contributed by atoms with Crippen molar-refractivity contribution in [1.82, 2.24) is 30.2 Å². The van der Waals surface area contributed by atoms with Gasteiger partial charge in [-0.2, -0.15) is 10.1 Å². The fraction of sp³-hybridized carbons (Fsp3) is 0.190. The topological polar surface area (TPSA) is 98.7 Å². The van der Waals surface area contributed by atoms with Crippen LogP contribution in [0.2, 0.25) is 0 Å². The predicted octanol–water partition coefficient (Wildman–Crippen LogP) is 2.61. The van der Waals surface area contributed by atoms with Gasteiger partial charge >= 0.3 is 0 Å². The lowest BCUT2D eigenvalue weighted by molar-refractivity contribution is -0.121. The van der Waals surface area contributed by atoms with Gasteiger partial charge in [-0.1, -0.05) is 23.4 Å². The molecule has 0 saturated carbocycles. The van der Waals surface area contributed by atoms with Crippen LogP contribution in [0.1, 0.15) is 17.9 Å². The molecule has 1 aromatic carbocycles. The van der Waals surface area contributed by atoms with Gasteiger partial charge in [0.1, 0.15) is 0 Å². The lowest BCUT2D eigenvalue weighted by atomic mass is 10.2. The Labute approximate surface area is 167 Å². The van der Waals surface area contributed by atoms with Gasteiger partial charge in [0, 0.05) is 43.5 Å². The molecule has 1 N–H and O–H groups in total. The van der Waals surface area contributed by atoms with E-state index in [1.807, 2.05) is 59.5 Å². The summed E-state index contributed by atoms with van der Waals surface area (Å²) in [5, 5.41) is 11.2. The normalized spacial score (nSPS) is 10.8. The van der Waals surface area contributed by atoms with Gasteiger partial charge in [-0.25, -0.2) is 4.68 Å². The zero-order chi connectivity index (χ0) is 19.9. The van der Waals surface area contributed by atoms with E-state index in [1.54, 1.807) is 12.4 Å². The van der Waals surface area contributed by atoms with Gasteiger partial charge in [-0.3, -0.25) is 9.78 Å². The third-order valence-corrected chi connectivity index (χ3v) is 4.35. The van der Waals surface area contributed by atoms with Crippen LogP contribution in [0.5, 0.6) is 0 Å². The van der Waals surface area contributed by atoms with E-state index in [-0.39, 0.29) is 12.3 Å². The van der Waals surface area contributed by atoms with E-state index < -0.39 is 0 Å². The lowest BCUT2D eigenvalue weighted by Gasteiger charge is -2.03. The van der Waals surface area contributed by atoms with Crippen LogP contribution in [0.4, 0.5) is 0 Å². The molecule has 0 aliphatic heterocycles. The molecule has 0 spiro atoms. The number of carbonyl (C=O) groups is 1. The summed E-state index contributed by atoms with van der Waals surface area (Å²) < 4.78 is 7.03. The summed E-state index contributed by atoms with van der Waals surface area (Å²) in [6.45, 7) is 0.546. The van der Waals surface area contributed by atoms with Crippen LogP contribution in [0.3, 0.4) is 0 Å². The zero-order valence-electron chi connectivity index (χ0n) is 15.7. The molecule has 0 fully saturated rings. The average molecular weight is 388 g/mol. The first-order chi connectivity index (χ1) is 14.3. The summed E-state index contributed by atoms with van der Waals surface area (Å²) in [6.07, 6.45) is 8.54. The SMILES string of the molecule is O=C(CCc1nc(-c2cccnc2)no1)NCCc1cnn(-c2ccccc2)c1. The van der Waals surface area contributed by atoms with E-state index in [9.17, 15) is 4.79 Å². The maximum atomic E-state index is 12.1. The third kappa shape index (κ3) is 4.92. The first-order valence-electron chi connectivity index (χ1n) is 9.36. The minimum absolute atomic E-state index is 0.0541. The van der Waals surface area contributed by atoms with Gasteiger partial charge in [0.15, 0.2) is 0 Å². The molecule has 0 saturated heterocycles. The maximum Gasteiger partial charge on any atom is 0.227 e. The molecule has 0 radical (unpaired) electrons. The number of carbonyl (C=O) groups excluding carboxylic acids is 1. The Morgan fingerprint density at radius 1 is 1.07 bits per heavy atom. The van der Waals surface area contributed by atoms with Gasteiger partial charge in [0.25, 0.3) is 0 Å². The number of hydrogen-bond acceptors (Lipinski definition) is 6. The number of aryl methyl sites for hydroxylation is 1. The van der Waals surface area contributed by atoms with E-state index in [1.165, 1.54) is 0 Å². The standard InChI is InChI=1S/C21H20N6O2/c28-19(8-9-20-25-21(26-29-20)17-5-4-11-22-14-17)23-12-10-16-13-24-27(15-16)18-6-2-1-3-7-18/h1-7,11,13-15H,8-10,12H2,(H,23,28). The Morgan fingerprint density at radius 2 is 1.97 bits per heavy atom. The number of amides is 1. The Balaban J connectivity index is 1.21. The summed E-state index contributed by atoms with van der Waals surface area (Å²) in [4.78, 5) is 20.4. The fourth-order valence-electron chi connectivity index (χ4n) is 2.83. The maximum absolute atomic E-state index is 12.1. The van der Waals surface area contributed by atoms with Crippen molar-refractivity contribution in [1.29, 1.82) is 0 Å². The first kappa shape index (κ1) is 18.5. The number of benzene rings is 1. The summed E-state index contributed by atoms with van der Waals surface area (Å²) in [5.41, 5.74) is 2.85. The number of nitrogens with one attached hydrogen (secondary N) is 1. The molecule has 8 nitrogen and oxygen atoms in total. The van der Waals surface area contributed by atoms with Crippen molar-refractivity contribution in [2.24, 2.45) is 0 Å². The van der Waals surface area contributed by atoms with Crippen LogP contribution in [0.15, 0.2) is 71.8 Å². The second-order valence-electron chi connectivity index (χ2n) is 6.48. The van der Waals surface area contributed by atoms with E-state index in [2.05, 4.69) is 25.5 Å². The highest BCUT2D eigenvalue weighted by Gasteiger charge is 2.11. The Bertz CT molecular complexity index is 1060. The first-order valence-corrected chi connectivity index (χ1v) is 9.36. The minimum Gasteiger partial charge on any atom is -0.356 e. The van der Waals surface area contributed by atoms with Gasteiger partial charge in [-0.05, 0) is 36.2 Å². The molecule has 4 aromatic rings. The molecular weight excluding hydrogens is 368 g/mol. The van der Waals surface area contributed by atoms with Crippen molar-refractivity contribution in [2.75, 3.05) is 6.54 Å². The van der Waals surface area contributed by atoms with E-state index >= 15 is 0 Å². The highest BCUT2D eigenvalue weighted by Crippen LogP contribution is 2.14. The van der Waals surface area contributed by atoms with Crippen LogP contribution < -0.4 is 5.32 Å². The van der Waals surface area contributed by atoms with Gasteiger partial charge < -0.3 is 9.84 Å². The third-order valence-electron chi connectivity index (χ3n) is 4.35. The molecule has 4 rings (SSSR count). The van der Waals surface area contributed by atoms with Crippen molar-refractivity contribution in [3.63, 3.8) is 0 Å². The Morgan fingerprint density at radius 3 is 2.79 bits per heavy atom. The van der Waals surface area contributed by atoms with Crippen molar-refractivity contribution in [2.45, 2.75) is 19.3 Å². The number of pyridine rings is 1. The molecule has 0 aliphatic carbocycles. The van der Waals surface area contributed by atoms with Crippen molar-refractivity contribution >= 4 is 5.91 Å². The molecule has 3 aromatic heterocycles. The Hall–Kier alpha value is -3.81. The second-order valence-corrected chi connectivity index (χ2v) is 6.48. The van der Waals surface area contributed by atoms with Gasteiger partial charge in [-0.15, -0.1) is 0 Å². The van der Waals surface area contributed by atoms with Crippen molar-refractivity contribution in [3.05, 3.63) is 78.7 Å². The zero-order valence-corrected chi connectivity index (χ0v) is 15.7. The van der Waals surface area contributed by atoms with Crippen LogP contribution in [-0.2, 0) is 17.6 Å². The van der Waals surface area contributed by atoms with Crippen LogP contribution in [0, 0.1) is 0 Å². The smallest absolute Gasteiger partial charge is 0.227 e. The van der Waals surface area contributed by atoms with Crippen LogP contribution in [0.25, 0.3) is 17.1 Å². The van der Waals surface area contributed by atoms with Crippen molar-refractivity contribution < 1.29 is 9.32 Å².